The summed E-state index contributed by atoms with van der Waals surface area (Å²) in [5.41, 5.74) is 1.34. The maximum absolute atomic E-state index is 12.1. The molecule has 1 unspecified atom stereocenters. The average molecular weight is 389 g/mol. The zero-order valence-electron chi connectivity index (χ0n) is 11.1. The van der Waals surface area contributed by atoms with Crippen molar-refractivity contribution in [2.45, 2.75) is 6.04 Å². The minimum atomic E-state index is -0.714. The molecule has 0 aliphatic heterocycles. The van der Waals surface area contributed by atoms with Crippen LogP contribution in [0.3, 0.4) is 0 Å². The monoisotopic (exact) mass is 387 g/mol. The van der Waals surface area contributed by atoms with E-state index in [0.29, 0.717) is 21.3 Å². The van der Waals surface area contributed by atoms with Crippen molar-refractivity contribution < 1.29 is 9.53 Å². The van der Waals surface area contributed by atoms with Gasteiger partial charge in [-0.1, -0.05) is 51.3 Å². The van der Waals surface area contributed by atoms with Gasteiger partial charge in [0.15, 0.2) is 6.04 Å². The molecule has 6 heteroatoms. The van der Waals surface area contributed by atoms with Gasteiger partial charge in [-0.15, -0.1) is 0 Å². The summed E-state index contributed by atoms with van der Waals surface area (Å²) in [6.45, 7) is 0. The summed E-state index contributed by atoms with van der Waals surface area (Å²) in [4.78, 5) is 12.1. The lowest BCUT2D eigenvalue weighted by molar-refractivity contribution is -0.141. The summed E-state index contributed by atoms with van der Waals surface area (Å²) in [6, 6.07) is 11.7. The van der Waals surface area contributed by atoms with E-state index < -0.39 is 12.0 Å². The molecule has 0 saturated carbocycles. The number of hydrogen-bond acceptors (Lipinski definition) is 3. The molecule has 0 amide bonds. The molecule has 2 aromatic rings. The Morgan fingerprint density at radius 3 is 2.62 bits per heavy atom. The van der Waals surface area contributed by atoms with Crippen LogP contribution < -0.4 is 5.32 Å². The van der Waals surface area contributed by atoms with Crippen LogP contribution >= 0.6 is 39.1 Å². The van der Waals surface area contributed by atoms with Crippen LogP contribution in [0.1, 0.15) is 11.6 Å². The quantitative estimate of drug-likeness (QED) is 0.742. The van der Waals surface area contributed by atoms with Crippen LogP contribution in [0.25, 0.3) is 0 Å². The number of halogens is 3. The molecule has 2 aromatic carbocycles. The van der Waals surface area contributed by atoms with E-state index >= 15 is 0 Å². The minimum Gasteiger partial charge on any atom is -0.467 e. The number of hydrogen-bond donors (Lipinski definition) is 1. The van der Waals surface area contributed by atoms with Gasteiger partial charge in [0.1, 0.15) is 0 Å². The maximum Gasteiger partial charge on any atom is 0.333 e. The molecule has 3 nitrogen and oxygen atoms in total. The SMILES string of the molecule is COC(=O)C(Nc1cccc(Cl)c1)c1ccc(Br)cc1Cl. The van der Waals surface area contributed by atoms with Crippen LogP contribution in [0, 0.1) is 0 Å². The Bertz CT molecular complexity index is 664. The Hall–Kier alpha value is -1.23. The van der Waals surface area contributed by atoms with E-state index in [1.54, 1.807) is 30.3 Å². The molecule has 0 aliphatic rings. The lowest BCUT2D eigenvalue weighted by Gasteiger charge is -2.19. The fraction of sp³-hybridized carbons (Fsp3) is 0.133. The van der Waals surface area contributed by atoms with Crippen molar-refractivity contribution in [3.05, 3.63) is 62.5 Å². The summed E-state index contributed by atoms with van der Waals surface area (Å²) in [5, 5.41) is 4.13. The van der Waals surface area contributed by atoms with Gasteiger partial charge in [-0.25, -0.2) is 4.79 Å². The summed E-state index contributed by atoms with van der Waals surface area (Å²) in [6.07, 6.45) is 0. The molecule has 0 saturated heterocycles. The van der Waals surface area contributed by atoms with E-state index in [2.05, 4.69) is 21.2 Å². The fourth-order valence-electron chi connectivity index (χ4n) is 1.86. The van der Waals surface area contributed by atoms with Crippen molar-refractivity contribution in [3.63, 3.8) is 0 Å². The number of esters is 1. The minimum absolute atomic E-state index is 0.431. The van der Waals surface area contributed by atoms with Crippen molar-refractivity contribution in [2.75, 3.05) is 12.4 Å². The van der Waals surface area contributed by atoms with Gasteiger partial charge in [-0.3, -0.25) is 0 Å². The fourth-order valence-corrected chi connectivity index (χ4v) is 2.83. The number of carbonyl (C=O) groups is 1. The second kappa shape index (κ2) is 7.16. The maximum atomic E-state index is 12.1. The van der Waals surface area contributed by atoms with E-state index in [4.69, 9.17) is 27.9 Å². The largest absolute Gasteiger partial charge is 0.467 e. The summed E-state index contributed by atoms with van der Waals surface area (Å²) in [5.74, 6) is -0.431. The third-order valence-corrected chi connectivity index (χ3v) is 3.90. The molecule has 0 heterocycles. The smallest absolute Gasteiger partial charge is 0.333 e. The molecule has 0 spiro atoms. The van der Waals surface area contributed by atoms with E-state index in [9.17, 15) is 4.79 Å². The highest BCUT2D eigenvalue weighted by Crippen LogP contribution is 2.30. The van der Waals surface area contributed by atoms with Gasteiger partial charge < -0.3 is 10.1 Å². The van der Waals surface area contributed by atoms with Crippen LogP contribution in [0.4, 0.5) is 5.69 Å². The predicted octanol–water partition coefficient (Wildman–Crippen LogP) is 5.08. The first-order valence-electron chi connectivity index (χ1n) is 6.06. The highest BCUT2D eigenvalue weighted by molar-refractivity contribution is 9.10. The Morgan fingerprint density at radius 1 is 1.24 bits per heavy atom. The van der Waals surface area contributed by atoms with Crippen LogP contribution in [0.2, 0.25) is 10.0 Å². The number of ether oxygens (including phenoxy) is 1. The number of anilines is 1. The normalized spacial score (nSPS) is 11.8. The first kappa shape index (κ1) is 16.1. The third kappa shape index (κ3) is 4.13. The van der Waals surface area contributed by atoms with Crippen LogP contribution in [0.15, 0.2) is 46.9 Å². The van der Waals surface area contributed by atoms with Crippen molar-refractivity contribution >= 4 is 50.8 Å². The standard InChI is InChI=1S/C15H12BrCl2NO2/c1-21-15(20)14(12-6-5-9(16)7-13(12)18)19-11-4-2-3-10(17)8-11/h2-8,14,19H,1H3. The highest BCUT2D eigenvalue weighted by atomic mass is 79.9. The van der Waals surface area contributed by atoms with Gasteiger partial charge in [-0.05, 0) is 30.3 Å². The lowest BCUT2D eigenvalue weighted by Crippen LogP contribution is -2.22. The number of carbonyl (C=O) groups excluding carboxylic acids is 1. The van der Waals surface area contributed by atoms with E-state index in [0.717, 1.165) is 4.47 Å². The topological polar surface area (TPSA) is 38.3 Å². The molecule has 21 heavy (non-hydrogen) atoms. The highest BCUT2D eigenvalue weighted by Gasteiger charge is 2.23. The zero-order valence-corrected chi connectivity index (χ0v) is 14.2. The van der Waals surface area contributed by atoms with Gasteiger partial charge in [0, 0.05) is 25.8 Å². The molecule has 2 rings (SSSR count). The Morgan fingerprint density at radius 2 is 2.00 bits per heavy atom. The molecular weight excluding hydrogens is 377 g/mol. The van der Waals surface area contributed by atoms with Crippen molar-refractivity contribution in [3.8, 4) is 0 Å². The van der Waals surface area contributed by atoms with Gasteiger partial charge in [-0.2, -0.15) is 0 Å². The number of nitrogens with one attached hydrogen (secondary N) is 1. The lowest BCUT2D eigenvalue weighted by atomic mass is 10.1. The van der Waals surface area contributed by atoms with Crippen LogP contribution in [0.5, 0.6) is 0 Å². The molecular formula is C15H12BrCl2NO2. The number of methoxy groups -OCH3 is 1. The average Bonchev–Trinajstić information content (AvgIpc) is 2.45. The first-order valence-corrected chi connectivity index (χ1v) is 7.61. The molecule has 1 atom stereocenters. The zero-order chi connectivity index (χ0) is 15.4. The summed E-state index contributed by atoms with van der Waals surface area (Å²) in [7, 11) is 1.34. The van der Waals surface area contributed by atoms with Crippen molar-refractivity contribution in [2.24, 2.45) is 0 Å². The molecule has 110 valence electrons. The van der Waals surface area contributed by atoms with Gasteiger partial charge in [0.05, 0.1) is 7.11 Å². The molecule has 0 fully saturated rings. The molecule has 0 aromatic heterocycles. The van der Waals surface area contributed by atoms with E-state index in [-0.39, 0.29) is 0 Å². The summed E-state index contributed by atoms with van der Waals surface area (Å²) >= 11 is 15.5. The first-order chi connectivity index (χ1) is 10.0. The number of benzene rings is 2. The number of rotatable bonds is 4. The van der Waals surface area contributed by atoms with Crippen LogP contribution in [-0.4, -0.2) is 13.1 Å². The second-order valence-electron chi connectivity index (χ2n) is 4.28. The van der Waals surface area contributed by atoms with Crippen molar-refractivity contribution in [1.82, 2.24) is 0 Å². The molecule has 0 bridgehead atoms. The van der Waals surface area contributed by atoms with Crippen LogP contribution in [-0.2, 0) is 9.53 Å². The van der Waals surface area contributed by atoms with E-state index in [1.165, 1.54) is 7.11 Å². The molecule has 0 aliphatic carbocycles. The Kier molecular flexibility index (Phi) is 5.51. The Balaban J connectivity index is 2.37. The van der Waals surface area contributed by atoms with Gasteiger partial charge in [0.2, 0.25) is 0 Å². The van der Waals surface area contributed by atoms with Gasteiger partial charge in [0.25, 0.3) is 0 Å². The molecule has 1 N–H and O–H groups in total. The summed E-state index contributed by atoms with van der Waals surface area (Å²) < 4.78 is 5.69. The second-order valence-corrected chi connectivity index (χ2v) is 6.04. The van der Waals surface area contributed by atoms with Gasteiger partial charge >= 0.3 is 5.97 Å². The Labute approximate surface area is 141 Å². The van der Waals surface area contributed by atoms with E-state index in [1.807, 2.05) is 12.1 Å². The molecule has 0 radical (unpaired) electrons. The third-order valence-electron chi connectivity index (χ3n) is 2.85. The van der Waals surface area contributed by atoms with Crippen molar-refractivity contribution in [1.29, 1.82) is 0 Å². The predicted molar refractivity (Wildman–Crippen MR) is 89.0 cm³/mol.